The molecule has 0 spiro atoms. The Balaban J connectivity index is 2.29. The van der Waals surface area contributed by atoms with Gasteiger partial charge in [0.2, 0.25) is 5.24 Å². The van der Waals surface area contributed by atoms with Gasteiger partial charge in [-0.25, -0.2) is 4.79 Å². The van der Waals surface area contributed by atoms with Crippen molar-refractivity contribution in [2.45, 2.75) is 37.8 Å². The fourth-order valence-electron chi connectivity index (χ4n) is 2.00. The molecule has 1 fully saturated rings. The van der Waals surface area contributed by atoms with Crippen molar-refractivity contribution in [3.8, 4) is 0 Å². The van der Waals surface area contributed by atoms with Crippen LogP contribution in [0.25, 0.3) is 0 Å². The minimum absolute atomic E-state index is 0.318. The van der Waals surface area contributed by atoms with Gasteiger partial charge in [-0.3, -0.25) is 14.7 Å². The normalized spacial score (nSPS) is 22.2. The molecule has 5 nitrogen and oxygen atoms in total. The van der Waals surface area contributed by atoms with E-state index in [1.165, 1.54) is 16.7 Å². The molecule has 1 aliphatic heterocycles. The lowest BCUT2D eigenvalue weighted by atomic mass is 10.2. The minimum Gasteiger partial charge on any atom is -0.444 e. The maximum absolute atomic E-state index is 12.4. The largest absolute Gasteiger partial charge is 0.444 e. The first-order valence-corrected chi connectivity index (χ1v) is 7.94. The second-order valence-corrected chi connectivity index (χ2v) is 7.17. The van der Waals surface area contributed by atoms with Crippen LogP contribution in [0.3, 0.4) is 0 Å². The summed E-state index contributed by atoms with van der Waals surface area (Å²) >= 11 is 7.10. The Morgan fingerprint density at radius 3 is 2.71 bits per heavy atom. The molecular weight excluding hydrogens is 312 g/mol. The fourth-order valence-corrected chi connectivity index (χ4v) is 3.67. The lowest BCUT2D eigenvalue weighted by molar-refractivity contribution is -0.115. The molecule has 7 heteroatoms. The zero-order chi connectivity index (χ0) is 15.6. The predicted molar refractivity (Wildman–Crippen MR) is 82.2 cm³/mol. The first-order chi connectivity index (χ1) is 9.79. The highest BCUT2D eigenvalue weighted by molar-refractivity contribution is 7.99. The van der Waals surface area contributed by atoms with E-state index in [1.54, 1.807) is 39.2 Å². The standard InChI is InChI=1S/C14H17ClN2O3S/c1-14(2,3)20-13(19)17-10(11(15)18)8-21-12(17)9-5-4-6-16-7-9/h4-7,10,12H,8H2,1-3H3. The molecule has 2 heterocycles. The van der Waals surface area contributed by atoms with Gasteiger partial charge in [0.25, 0.3) is 0 Å². The summed E-state index contributed by atoms with van der Waals surface area (Å²) in [6, 6.07) is 2.97. The Hall–Kier alpha value is -1.27. The molecule has 2 unspecified atom stereocenters. The van der Waals surface area contributed by atoms with Crippen molar-refractivity contribution in [1.29, 1.82) is 0 Å². The van der Waals surface area contributed by atoms with Gasteiger partial charge in [0.1, 0.15) is 17.0 Å². The number of carbonyl (C=O) groups is 2. The van der Waals surface area contributed by atoms with Crippen LogP contribution in [0.4, 0.5) is 4.79 Å². The summed E-state index contributed by atoms with van der Waals surface area (Å²) in [5, 5.41) is -0.874. The van der Waals surface area contributed by atoms with Crippen LogP contribution in [-0.2, 0) is 9.53 Å². The van der Waals surface area contributed by atoms with Crippen molar-refractivity contribution in [3.05, 3.63) is 30.1 Å². The van der Waals surface area contributed by atoms with Crippen molar-refractivity contribution in [3.63, 3.8) is 0 Å². The highest BCUT2D eigenvalue weighted by Gasteiger charge is 2.43. The molecule has 1 aromatic heterocycles. The third-order valence-corrected chi connectivity index (χ3v) is 4.41. The molecule has 0 aliphatic carbocycles. The van der Waals surface area contributed by atoms with Gasteiger partial charge in [-0.15, -0.1) is 11.8 Å². The second-order valence-electron chi connectivity index (χ2n) is 5.68. The van der Waals surface area contributed by atoms with Gasteiger partial charge < -0.3 is 4.74 Å². The molecular formula is C14H17ClN2O3S. The lowest BCUT2D eigenvalue weighted by Gasteiger charge is -2.30. The number of nitrogens with zero attached hydrogens (tertiary/aromatic N) is 2. The van der Waals surface area contributed by atoms with Crippen LogP contribution in [0.5, 0.6) is 0 Å². The van der Waals surface area contributed by atoms with Gasteiger partial charge in [0, 0.05) is 23.7 Å². The minimum atomic E-state index is -0.684. The summed E-state index contributed by atoms with van der Waals surface area (Å²) in [7, 11) is 0. The quantitative estimate of drug-likeness (QED) is 0.780. The first-order valence-electron chi connectivity index (χ1n) is 6.52. The summed E-state index contributed by atoms with van der Waals surface area (Å²) in [5.41, 5.74) is 0.206. The molecule has 0 N–H and O–H groups in total. The average molecular weight is 329 g/mol. The molecule has 1 saturated heterocycles. The Labute approximate surface area is 133 Å². The van der Waals surface area contributed by atoms with Gasteiger partial charge in [0.15, 0.2) is 0 Å². The van der Waals surface area contributed by atoms with Crippen molar-refractivity contribution in [1.82, 2.24) is 9.88 Å². The summed E-state index contributed by atoms with van der Waals surface area (Å²) in [5.74, 6) is 0.446. The zero-order valence-corrected chi connectivity index (χ0v) is 13.6. The number of carbonyl (C=O) groups excluding carboxylic acids is 2. The van der Waals surface area contributed by atoms with Crippen LogP contribution in [0.15, 0.2) is 24.5 Å². The zero-order valence-electron chi connectivity index (χ0n) is 12.1. The second kappa shape index (κ2) is 6.23. The molecule has 0 aromatic carbocycles. The predicted octanol–water partition coefficient (Wildman–Crippen LogP) is 3.20. The van der Waals surface area contributed by atoms with E-state index in [1.807, 2.05) is 6.07 Å². The fraction of sp³-hybridized carbons (Fsp3) is 0.500. The summed E-state index contributed by atoms with van der Waals surface area (Å²) in [6.07, 6.45) is 2.79. The SMILES string of the molecule is CC(C)(C)OC(=O)N1C(C(=O)Cl)CSC1c1cccnc1. The number of hydrogen-bond acceptors (Lipinski definition) is 5. The molecule has 21 heavy (non-hydrogen) atoms. The summed E-state index contributed by atoms with van der Waals surface area (Å²) in [4.78, 5) is 29.5. The average Bonchev–Trinajstić information content (AvgIpc) is 2.82. The maximum Gasteiger partial charge on any atom is 0.412 e. The molecule has 1 amide bonds. The van der Waals surface area contributed by atoms with Gasteiger partial charge in [-0.1, -0.05) is 6.07 Å². The number of pyridine rings is 1. The van der Waals surface area contributed by atoms with Crippen LogP contribution in [0.2, 0.25) is 0 Å². The number of ether oxygens (including phenoxy) is 1. The lowest BCUT2D eigenvalue weighted by Crippen LogP contribution is -2.44. The van der Waals surface area contributed by atoms with E-state index in [2.05, 4.69) is 4.98 Å². The topological polar surface area (TPSA) is 59.5 Å². The highest BCUT2D eigenvalue weighted by Crippen LogP contribution is 2.42. The molecule has 0 saturated carbocycles. The molecule has 2 atom stereocenters. The smallest absolute Gasteiger partial charge is 0.412 e. The van der Waals surface area contributed by atoms with E-state index in [9.17, 15) is 9.59 Å². The van der Waals surface area contributed by atoms with Crippen molar-refractivity contribution in [2.75, 3.05) is 5.75 Å². The summed E-state index contributed by atoms with van der Waals surface area (Å²) in [6.45, 7) is 5.35. The molecule has 1 aromatic rings. The van der Waals surface area contributed by atoms with Crippen LogP contribution in [-0.4, -0.2) is 38.6 Å². The van der Waals surface area contributed by atoms with Crippen molar-refractivity contribution < 1.29 is 14.3 Å². The van der Waals surface area contributed by atoms with Crippen LogP contribution in [0, 0.1) is 0 Å². The van der Waals surface area contributed by atoms with Crippen LogP contribution >= 0.6 is 23.4 Å². The van der Waals surface area contributed by atoms with E-state index >= 15 is 0 Å². The highest BCUT2D eigenvalue weighted by atomic mass is 35.5. The third kappa shape index (κ3) is 3.89. The Morgan fingerprint density at radius 2 is 2.19 bits per heavy atom. The number of hydrogen-bond donors (Lipinski definition) is 0. The van der Waals surface area contributed by atoms with Gasteiger partial charge in [-0.2, -0.15) is 0 Å². The van der Waals surface area contributed by atoms with Gasteiger partial charge >= 0.3 is 6.09 Å². The number of thioether (sulfide) groups is 1. The Morgan fingerprint density at radius 1 is 1.48 bits per heavy atom. The van der Waals surface area contributed by atoms with E-state index < -0.39 is 23.0 Å². The molecule has 0 bridgehead atoms. The first kappa shape index (κ1) is 16.1. The molecule has 1 aliphatic rings. The number of rotatable bonds is 2. The number of aromatic nitrogens is 1. The van der Waals surface area contributed by atoms with E-state index in [0.29, 0.717) is 5.75 Å². The molecule has 0 radical (unpaired) electrons. The van der Waals surface area contributed by atoms with Gasteiger partial charge in [-0.05, 0) is 38.4 Å². The van der Waals surface area contributed by atoms with E-state index in [4.69, 9.17) is 16.3 Å². The van der Waals surface area contributed by atoms with Gasteiger partial charge in [0.05, 0.1) is 0 Å². The Bertz CT molecular complexity index is 533. The number of amides is 1. The van der Waals surface area contributed by atoms with E-state index in [0.717, 1.165) is 5.56 Å². The van der Waals surface area contributed by atoms with Crippen LogP contribution < -0.4 is 0 Å². The van der Waals surface area contributed by atoms with Crippen molar-refractivity contribution in [2.24, 2.45) is 0 Å². The monoisotopic (exact) mass is 328 g/mol. The van der Waals surface area contributed by atoms with Crippen molar-refractivity contribution >= 4 is 34.7 Å². The molecule has 2 rings (SSSR count). The Kier molecular flexibility index (Phi) is 4.78. The molecule has 114 valence electrons. The van der Waals surface area contributed by atoms with Crippen LogP contribution in [0.1, 0.15) is 31.7 Å². The maximum atomic E-state index is 12.4. The number of halogens is 1. The third-order valence-electron chi connectivity index (χ3n) is 2.84. The van der Waals surface area contributed by atoms with E-state index in [-0.39, 0.29) is 5.37 Å². The summed E-state index contributed by atoms with van der Waals surface area (Å²) < 4.78 is 5.40.